The number of hydrogen-bond donors (Lipinski definition) is 2. The Morgan fingerprint density at radius 2 is 1.20 bits per heavy atom. The predicted octanol–water partition coefficient (Wildman–Crippen LogP) is 9.21. The van der Waals surface area contributed by atoms with Crippen molar-refractivity contribution in [2.45, 2.75) is 52.4 Å². The lowest BCUT2D eigenvalue weighted by atomic mass is 10.0. The molecule has 0 saturated carbocycles. The van der Waals surface area contributed by atoms with Gasteiger partial charge < -0.3 is 38.5 Å². The number of ether oxygens (including phenoxy) is 1. The first kappa shape index (κ1) is 54.3. The highest BCUT2D eigenvalue weighted by Crippen LogP contribution is 2.35. The molecule has 12 nitrogen and oxygen atoms in total. The molecule has 0 aliphatic carbocycles. The van der Waals surface area contributed by atoms with Crippen LogP contribution < -0.4 is 26.3 Å². The van der Waals surface area contributed by atoms with E-state index >= 15 is 0 Å². The number of hydrogen-bond acceptors (Lipinski definition) is 12. The number of nitrogen functional groups attached to an aromatic ring is 1. The van der Waals surface area contributed by atoms with Crippen LogP contribution in [0.25, 0.3) is 21.9 Å². The third-order valence-electron chi connectivity index (χ3n) is 9.30. The van der Waals surface area contributed by atoms with Gasteiger partial charge in [0.25, 0.3) is 5.24 Å². The molecule has 6 aromatic rings. The molecule has 0 amide bonds. The van der Waals surface area contributed by atoms with Crippen LogP contribution in [0.3, 0.4) is 0 Å². The normalized spacial score (nSPS) is 12.0. The van der Waals surface area contributed by atoms with Crippen LogP contribution in [0.1, 0.15) is 71.0 Å². The lowest BCUT2D eigenvalue weighted by molar-refractivity contribution is -0.137. The van der Waals surface area contributed by atoms with Crippen LogP contribution in [0.2, 0.25) is 0 Å². The maximum absolute atomic E-state index is 13.1. The molecule has 7 rings (SSSR count). The number of carbonyl (C=O) groups excluding carboxylic acids is 2. The molecule has 3 heterocycles. The molecule has 0 unspecified atom stereocenters. The van der Waals surface area contributed by atoms with Crippen molar-refractivity contribution in [1.29, 1.82) is 0 Å². The van der Waals surface area contributed by atoms with Crippen molar-refractivity contribution in [2.24, 2.45) is 0 Å². The summed E-state index contributed by atoms with van der Waals surface area (Å²) in [4.78, 5) is 47.6. The van der Waals surface area contributed by atoms with E-state index in [0.717, 1.165) is 13.2 Å². The van der Waals surface area contributed by atoms with E-state index in [9.17, 15) is 45.5 Å². The fourth-order valence-corrected chi connectivity index (χ4v) is 6.00. The van der Waals surface area contributed by atoms with Gasteiger partial charge in [0.15, 0.2) is 5.78 Å². The number of anilines is 1. The van der Waals surface area contributed by atoms with Crippen molar-refractivity contribution >= 4 is 66.0 Å². The van der Waals surface area contributed by atoms with Crippen molar-refractivity contribution in [2.75, 3.05) is 38.6 Å². The lowest BCUT2D eigenvalue weighted by Crippen LogP contribution is -2.21. The number of halogens is 7. The molecule has 1 saturated heterocycles. The minimum absolute atomic E-state index is 0.0950. The summed E-state index contributed by atoms with van der Waals surface area (Å²) in [5.41, 5.74) is 2.14. The van der Waals surface area contributed by atoms with Crippen LogP contribution in [-0.2, 0) is 23.5 Å². The zero-order valence-corrected chi connectivity index (χ0v) is 36.6. The molecule has 349 valence electrons. The minimum atomic E-state index is -4.69. The van der Waals surface area contributed by atoms with Crippen LogP contribution >= 0.6 is 11.6 Å². The number of carbonyl (C=O) groups is 2. The Labute approximate surface area is 381 Å². The molecule has 21 heteroatoms. The van der Waals surface area contributed by atoms with E-state index < -0.39 is 40.0 Å². The first-order chi connectivity index (χ1) is 31.2. The Morgan fingerprint density at radius 3 is 1.61 bits per heavy atom. The smallest absolute Gasteiger partial charge is 0.568 e. The lowest BCUT2D eigenvalue weighted by Gasteiger charge is -2.13. The highest BCUT2D eigenvalue weighted by molar-refractivity contribution is 6.67. The predicted molar refractivity (Wildman–Crippen MR) is 239 cm³/mol. The quantitative estimate of drug-likeness (QED) is 0.0334. The monoisotopic (exact) mass is 943 g/mol. The molecule has 0 atom stereocenters. The Bertz CT molecular complexity index is 2590. The number of nitrogens with zero attached hydrogens (tertiary/aromatic N) is 1. The van der Waals surface area contributed by atoms with Gasteiger partial charge >= 0.3 is 39.3 Å². The number of fused-ring (bicyclic) bond motifs is 2. The number of alkyl halides is 6. The molecule has 1 aliphatic rings. The van der Waals surface area contributed by atoms with Gasteiger partial charge in [-0.2, -0.15) is 26.3 Å². The van der Waals surface area contributed by atoms with Gasteiger partial charge in [-0.25, -0.2) is 9.59 Å². The third-order valence-corrected chi connectivity index (χ3v) is 9.52. The van der Waals surface area contributed by atoms with Gasteiger partial charge in [-0.3, -0.25) is 9.59 Å². The fourth-order valence-electron chi connectivity index (χ4n) is 5.88. The van der Waals surface area contributed by atoms with Crippen molar-refractivity contribution in [3.05, 3.63) is 146 Å². The molecule has 0 spiro atoms. The maximum atomic E-state index is 13.1. The average Bonchev–Trinajstić information content (AvgIpc) is 3.88. The number of ketones is 1. The minimum Gasteiger partial charge on any atom is -0.568 e. The van der Waals surface area contributed by atoms with E-state index in [1.54, 1.807) is 12.1 Å². The summed E-state index contributed by atoms with van der Waals surface area (Å²) >= 11 is 5.19. The fraction of sp³-hybridized carbons (Fsp3) is 0.289. The molecule has 0 bridgehead atoms. The molecular formula is C45H44B2ClF6N2O10. The summed E-state index contributed by atoms with van der Waals surface area (Å²) in [6, 6.07) is 20.5. The van der Waals surface area contributed by atoms with E-state index in [-0.39, 0.29) is 39.8 Å². The second kappa shape index (κ2) is 26.2. The molecule has 3 radical (unpaired) electrons. The van der Waals surface area contributed by atoms with Crippen LogP contribution in [-0.4, -0.2) is 69.5 Å². The molecule has 1 aliphatic heterocycles. The summed E-state index contributed by atoms with van der Waals surface area (Å²) in [5, 5.41) is 7.63. The first-order valence-corrected chi connectivity index (χ1v) is 20.4. The Kier molecular flexibility index (Phi) is 21.5. The van der Waals surface area contributed by atoms with E-state index in [2.05, 4.69) is 34.7 Å². The van der Waals surface area contributed by atoms with Gasteiger partial charge in [0, 0.05) is 65.4 Å². The summed E-state index contributed by atoms with van der Waals surface area (Å²) in [7, 11) is 5.37. The first-order valence-electron chi connectivity index (χ1n) is 20.0. The Balaban J connectivity index is 0.000000249. The topological polar surface area (TPSA) is 172 Å². The van der Waals surface area contributed by atoms with Gasteiger partial charge in [-0.05, 0) is 116 Å². The number of Topliss-reactive ketones (excluding diaryl/α,β-unsaturated/α-hetero) is 1. The van der Waals surface area contributed by atoms with Crippen molar-refractivity contribution < 1.29 is 63.8 Å². The standard InChI is InChI=1S/C18H11BF3O5.C10H6F3NO2.C7H4BClO2.C6H15N.C4H8O/c20-18(21,22)14-9-17(24)26-16-8-10(1-6-13(14)16)7-15(23)11-2-4-12(5-3-11)27-19-25;11-10(12,13)7-4-9(15)16-8-3-5(14)1-2-6(7)8;8-11-6-3-1-5(2-4-6)7(9)10;1-4-7(5-2)6-3;1-2-4-5-3-1/h1-6,8-9,25H,7H2;1-4H,14H2;1-4H;4-6H2,1-3H3;1-4H2. The zero-order chi connectivity index (χ0) is 49.0. The number of benzene rings is 4. The summed E-state index contributed by atoms with van der Waals surface area (Å²) < 4.78 is 101. The van der Waals surface area contributed by atoms with E-state index in [4.69, 9.17) is 44.2 Å². The molecule has 66 heavy (non-hydrogen) atoms. The molecule has 4 aromatic carbocycles. The average molecular weight is 944 g/mol. The number of nitrogens with two attached hydrogens (primary N) is 1. The zero-order valence-electron chi connectivity index (χ0n) is 35.8. The van der Waals surface area contributed by atoms with Crippen molar-refractivity contribution in [1.82, 2.24) is 4.90 Å². The van der Waals surface area contributed by atoms with Crippen LogP contribution in [0.5, 0.6) is 11.5 Å². The largest absolute Gasteiger partial charge is 0.569 e. The van der Waals surface area contributed by atoms with E-state index in [1.807, 2.05) is 0 Å². The van der Waals surface area contributed by atoms with Gasteiger partial charge in [-0.1, -0.05) is 32.9 Å². The second-order valence-corrected chi connectivity index (χ2v) is 14.1. The Hall–Kier alpha value is -6.08. The van der Waals surface area contributed by atoms with Crippen LogP contribution in [0.15, 0.2) is 115 Å². The molecule has 2 aromatic heterocycles. The van der Waals surface area contributed by atoms with E-state index in [0.29, 0.717) is 48.0 Å². The maximum Gasteiger partial charge on any atom is 0.569 e. The van der Waals surface area contributed by atoms with Gasteiger partial charge in [0.05, 0.1) is 16.9 Å². The van der Waals surface area contributed by atoms with Crippen molar-refractivity contribution in [3.63, 3.8) is 0 Å². The Morgan fingerprint density at radius 1 is 0.727 bits per heavy atom. The molecule has 3 N–H and O–H groups in total. The highest BCUT2D eigenvalue weighted by atomic mass is 35.5. The van der Waals surface area contributed by atoms with Crippen molar-refractivity contribution in [3.8, 4) is 11.5 Å². The number of rotatable bonds is 10. The van der Waals surface area contributed by atoms with Gasteiger partial charge in [-0.15, -0.1) is 0 Å². The second-order valence-electron chi connectivity index (χ2n) is 13.7. The van der Waals surface area contributed by atoms with Crippen LogP contribution in [0, 0.1) is 0 Å². The SMILES string of the molecule is C1CCOC1.CCN(CC)CC.Nc1ccc2c(C(F)(F)F)cc(=O)oc2c1.O=C(Cc1ccc2c(C(F)(F)F)cc(=O)oc2c1)c1ccc(O[B]O)cc1.[B]Oc1ccc(C(=O)Cl)cc1. The molecule has 1 fully saturated rings. The summed E-state index contributed by atoms with van der Waals surface area (Å²) in [5.74, 6) is 0.538. The van der Waals surface area contributed by atoms with Crippen LogP contribution in [0.4, 0.5) is 32.0 Å². The molecular weight excluding hydrogens is 900 g/mol. The highest BCUT2D eigenvalue weighted by Gasteiger charge is 2.34. The third kappa shape index (κ3) is 17.4. The van der Waals surface area contributed by atoms with Gasteiger partial charge in [0.1, 0.15) is 16.9 Å². The van der Waals surface area contributed by atoms with E-state index in [1.165, 1.54) is 105 Å². The summed E-state index contributed by atoms with van der Waals surface area (Å²) in [6.07, 6.45) is -6.83. The van der Waals surface area contributed by atoms with Gasteiger partial charge in [0.2, 0.25) is 0 Å². The summed E-state index contributed by atoms with van der Waals surface area (Å²) in [6.45, 7) is 12.1.